The predicted octanol–water partition coefficient (Wildman–Crippen LogP) is 1.40. The van der Waals surface area contributed by atoms with Crippen LogP contribution in [-0.2, 0) is 11.3 Å². The summed E-state index contributed by atoms with van der Waals surface area (Å²) < 4.78 is 10.6. The number of ether oxygens (including phenoxy) is 2. The van der Waals surface area contributed by atoms with Gasteiger partial charge in [0.05, 0.1) is 20.3 Å². The van der Waals surface area contributed by atoms with Crippen molar-refractivity contribution in [2.75, 3.05) is 56.7 Å². The zero-order valence-electron chi connectivity index (χ0n) is 15.7. The fourth-order valence-corrected chi connectivity index (χ4v) is 3.57. The normalized spacial score (nSPS) is 20.6. The summed E-state index contributed by atoms with van der Waals surface area (Å²) in [6, 6.07) is 6.38. The molecule has 2 aliphatic heterocycles. The Bertz CT molecular complexity index is 752. The Labute approximate surface area is 159 Å². The highest BCUT2D eigenvalue weighted by atomic mass is 16.5. The number of anilines is 2. The zero-order chi connectivity index (χ0) is 18.5. The van der Waals surface area contributed by atoms with Gasteiger partial charge in [-0.3, -0.25) is 4.90 Å². The monoisotopic (exact) mass is 370 g/mol. The summed E-state index contributed by atoms with van der Waals surface area (Å²) in [7, 11) is 1.65. The molecule has 4 heterocycles. The van der Waals surface area contributed by atoms with Crippen LogP contribution in [0, 0.1) is 0 Å². The third-order valence-electron chi connectivity index (χ3n) is 4.98. The quantitative estimate of drug-likeness (QED) is 0.818. The number of nitrogens with one attached hydrogen (secondary N) is 1. The molecule has 0 amide bonds. The molecule has 2 aromatic heterocycles. The maximum atomic E-state index is 5.40. The van der Waals surface area contributed by atoms with E-state index in [4.69, 9.17) is 14.5 Å². The van der Waals surface area contributed by atoms with Gasteiger partial charge in [0.25, 0.3) is 0 Å². The number of nitrogens with zero attached hydrogens (tertiary/aromatic N) is 5. The Morgan fingerprint density at radius 2 is 2.04 bits per heavy atom. The third-order valence-corrected chi connectivity index (χ3v) is 4.98. The molecule has 1 N–H and O–H groups in total. The van der Waals surface area contributed by atoms with Gasteiger partial charge in [0, 0.05) is 57.2 Å². The molecule has 8 nitrogen and oxygen atoms in total. The topological polar surface area (TPSA) is 75.6 Å². The van der Waals surface area contributed by atoms with E-state index in [9.17, 15) is 0 Å². The molecule has 2 saturated heterocycles. The molecule has 0 spiro atoms. The van der Waals surface area contributed by atoms with E-state index in [0.717, 1.165) is 64.1 Å². The Kier molecular flexibility index (Phi) is 5.64. The molecule has 0 bridgehead atoms. The average molecular weight is 370 g/mol. The first-order chi connectivity index (χ1) is 13.3. The van der Waals surface area contributed by atoms with Gasteiger partial charge in [-0.15, -0.1) is 0 Å². The Hall–Kier alpha value is -2.45. The summed E-state index contributed by atoms with van der Waals surface area (Å²) >= 11 is 0. The molecule has 0 aliphatic carbocycles. The van der Waals surface area contributed by atoms with Crippen LogP contribution < -0.4 is 15.0 Å². The Morgan fingerprint density at radius 1 is 1.19 bits per heavy atom. The predicted molar refractivity (Wildman–Crippen MR) is 103 cm³/mol. The van der Waals surface area contributed by atoms with Crippen LogP contribution in [0.4, 0.5) is 11.8 Å². The molecule has 4 rings (SSSR count). The van der Waals surface area contributed by atoms with Crippen LogP contribution in [0.3, 0.4) is 0 Å². The molecule has 0 aromatic carbocycles. The van der Waals surface area contributed by atoms with E-state index in [0.29, 0.717) is 11.9 Å². The number of morpholine rings is 1. The smallest absolute Gasteiger partial charge is 0.227 e. The highest BCUT2D eigenvalue weighted by Gasteiger charge is 2.23. The maximum absolute atomic E-state index is 5.40. The average Bonchev–Trinajstić information content (AvgIpc) is 3.15. The van der Waals surface area contributed by atoms with Gasteiger partial charge in [-0.25, -0.2) is 9.97 Å². The summed E-state index contributed by atoms with van der Waals surface area (Å²) in [6.07, 6.45) is 4.73. The van der Waals surface area contributed by atoms with Gasteiger partial charge in [0.15, 0.2) is 0 Å². The highest BCUT2D eigenvalue weighted by molar-refractivity contribution is 5.42. The van der Waals surface area contributed by atoms with Gasteiger partial charge in [-0.05, 0) is 24.1 Å². The highest BCUT2D eigenvalue weighted by Crippen LogP contribution is 2.19. The molecule has 0 radical (unpaired) electrons. The molecule has 2 aromatic rings. The standard InChI is InChI=1S/C19H26N6O2/c1-26-18-12-15(2-5-20-18)13-24-7-4-16(14-24)22-17-3-6-21-19(23-17)25-8-10-27-11-9-25/h2-3,5-6,12,16H,4,7-11,13-14H2,1H3,(H,21,22,23). The van der Waals surface area contributed by atoms with Gasteiger partial charge < -0.3 is 19.7 Å². The minimum Gasteiger partial charge on any atom is -0.481 e. The fourth-order valence-electron chi connectivity index (χ4n) is 3.57. The van der Waals surface area contributed by atoms with Crippen molar-refractivity contribution in [2.24, 2.45) is 0 Å². The van der Waals surface area contributed by atoms with Crippen molar-refractivity contribution in [1.29, 1.82) is 0 Å². The largest absolute Gasteiger partial charge is 0.481 e. The van der Waals surface area contributed by atoms with Crippen LogP contribution in [0.5, 0.6) is 5.88 Å². The van der Waals surface area contributed by atoms with Crippen molar-refractivity contribution >= 4 is 11.8 Å². The SMILES string of the molecule is COc1cc(CN2CCC(Nc3ccnc(N4CCOCC4)n3)C2)ccn1. The van der Waals surface area contributed by atoms with E-state index in [1.807, 2.05) is 24.4 Å². The van der Waals surface area contributed by atoms with E-state index in [-0.39, 0.29) is 0 Å². The molecular weight excluding hydrogens is 344 g/mol. The molecule has 1 unspecified atom stereocenters. The molecule has 0 saturated carbocycles. The lowest BCUT2D eigenvalue weighted by Crippen LogP contribution is -2.37. The second kappa shape index (κ2) is 8.49. The summed E-state index contributed by atoms with van der Waals surface area (Å²) in [5, 5.41) is 3.57. The molecule has 8 heteroatoms. The van der Waals surface area contributed by atoms with Crippen LogP contribution in [0.25, 0.3) is 0 Å². The van der Waals surface area contributed by atoms with Crippen molar-refractivity contribution < 1.29 is 9.47 Å². The number of pyridine rings is 1. The molecular formula is C19H26N6O2. The van der Waals surface area contributed by atoms with E-state index in [1.165, 1.54) is 5.56 Å². The van der Waals surface area contributed by atoms with E-state index >= 15 is 0 Å². The van der Waals surface area contributed by atoms with E-state index < -0.39 is 0 Å². The van der Waals surface area contributed by atoms with Gasteiger partial charge in [0.1, 0.15) is 5.82 Å². The van der Waals surface area contributed by atoms with Crippen LogP contribution in [-0.4, -0.2) is 72.4 Å². The number of aromatic nitrogens is 3. The molecule has 144 valence electrons. The lowest BCUT2D eigenvalue weighted by Gasteiger charge is -2.27. The van der Waals surface area contributed by atoms with Crippen molar-refractivity contribution in [3.8, 4) is 5.88 Å². The Balaban J connectivity index is 1.33. The number of likely N-dealkylation sites (tertiary alicyclic amines) is 1. The first-order valence-electron chi connectivity index (χ1n) is 9.44. The molecule has 2 aliphatic rings. The summed E-state index contributed by atoms with van der Waals surface area (Å²) in [6.45, 7) is 6.11. The number of hydrogen-bond donors (Lipinski definition) is 1. The first-order valence-corrected chi connectivity index (χ1v) is 9.44. The Morgan fingerprint density at radius 3 is 2.89 bits per heavy atom. The van der Waals surface area contributed by atoms with Gasteiger partial charge in [-0.1, -0.05) is 0 Å². The number of methoxy groups -OCH3 is 1. The lowest BCUT2D eigenvalue weighted by molar-refractivity contribution is 0.122. The molecule has 27 heavy (non-hydrogen) atoms. The lowest BCUT2D eigenvalue weighted by atomic mass is 10.2. The van der Waals surface area contributed by atoms with Crippen molar-refractivity contribution in [2.45, 2.75) is 19.0 Å². The maximum Gasteiger partial charge on any atom is 0.227 e. The van der Waals surface area contributed by atoms with Gasteiger partial charge in [0.2, 0.25) is 11.8 Å². The van der Waals surface area contributed by atoms with Gasteiger partial charge >= 0.3 is 0 Å². The van der Waals surface area contributed by atoms with Crippen molar-refractivity contribution in [3.63, 3.8) is 0 Å². The van der Waals surface area contributed by atoms with Crippen LogP contribution in [0.15, 0.2) is 30.6 Å². The van der Waals surface area contributed by atoms with E-state index in [1.54, 1.807) is 13.3 Å². The van der Waals surface area contributed by atoms with E-state index in [2.05, 4.69) is 25.1 Å². The van der Waals surface area contributed by atoms with Crippen LogP contribution in [0.2, 0.25) is 0 Å². The second-order valence-electron chi connectivity index (χ2n) is 6.91. The summed E-state index contributed by atoms with van der Waals surface area (Å²) in [5.41, 5.74) is 1.22. The summed E-state index contributed by atoms with van der Waals surface area (Å²) in [5.74, 6) is 2.34. The van der Waals surface area contributed by atoms with Gasteiger partial charge in [-0.2, -0.15) is 4.98 Å². The van der Waals surface area contributed by atoms with Crippen molar-refractivity contribution in [1.82, 2.24) is 19.9 Å². The molecule has 1 atom stereocenters. The third kappa shape index (κ3) is 4.64. The summed E-state index contributed by atoms with van der Waals surface area (Å²) in [4.78, 5) is 17.9. The first kappa shape index (κ1) is 17.9. The molecule has 2 fully saturated rings. The van der Waals surface area contributed by atoms with Crippen molar-refractivity contribution in [3.05, 3.63) is 36.2 Å². The minimum absolute atomic E-state index is 0.390. The second-order valence-corrected chi connectivity index (χ2v) is 6.91. The minimum atomic E-state index is 0.390. The number of hydrogen-bond acceptors (Lipinski definition) is 8. The number of rotatable bonds is 6. The van der Waals surface area contributed by atoms with Crippen LogP contribution >= 0.6 is 0 Å². The van der Waals surface area contributed by atoms with Crippen LogP contribution in [0.1, 0.15) is 12.0 Å². The fraction of sp³-hybridized carbons (Fsp3) is 0.526. The zero-order valence-corrected chi connectivity index (χ0v) is 15.7.